The Hall–Kier alpha value is -2.05. The van der Waals surface area contributed by atoms with Gasteiger partial charge >= 0.3 is 5.97 Å². The van der Waals surface area contributed by atoms with E-state index >= 15 is 0 Å². The highest BCUT2D eigenvalue weighted by Crippen LogP contribution is 2.20. The number of nitrogens with one attached hydrogen (secondary N) is 1. The number of aryl methyl sites for hydroxylation is 1. The van der Waals surface area contributed by atoms with Gasteiger partial charge in [-0.2, -0.15) is 0 Å². The summed E-state index contributed by atoms with van der Waals surface area (Å²) in [6.45, 7) is 2.07. The number of carbonyl (C=O) groups excluding carboxylic acids is 2. The van der Waals surface area contributed by atoms with Crippen molar-refractivity contribution in [2.24, 2.45) is 0 Å². The van der Waals surface area contributed by atoms with Gasteiger partial charge in [0.2, 0.25) is 0 Å². The molecule has 0 aromatic heterocycles. The van der Waals surface area contributed by atoms with Gasteiger partial charge in [-0.3, -0.25) is 9.59 Å². The third kappa shape index (κ3) is 6.69. The normalized spacial score (nSPS) is 10.4. The Labute approximate surface area is 161 Å². The second-order valence-electron chi connectivity index (χ2n) is 5.55. The van der Waals surface area contributed by atoms with Crippen LogP contribution in [0.2, 0.25) is 5.02 Å². The second kappa shape index (κ2) is 10.2. The summed E-state index contributed by atoms with van der Waals surface area (Å²) in [6.07, 6.45) is -0.317. The summed E-state index contributed by atoms with van der Waals surface area (Å²) in [6, 6.07) is 12.3. The Morgan fingerprint density at radius 1 is 1.19 bits per heavy atom. The Balaban J connectivity index is 1.65. The number of hydrogen-bond donors (Lipinski definition) is 1. The van der Waals surface area contributed by atoms with Crippen LogP contribution in [0.15, 0.2) is 47.4 Å². The molecule has 0 radical (unpaired) electrons. The summed E-state index contributed by atoms with van der Waals surface area (Å²) in [5.74, 6) is -0.983. The monoisotopic (exact) mass is 395 g/mol. The molecule has 0 saturated carbocycles. The summed E-state index contributed by atoms with van der Waals surface area (Å²) >= 11 is 7.47. The van der Waals surface area contributed by atoms with Crippen molar-refractivity contribution in [2.75, 3.05) is 18.9 Å². The highest BCUT2D eigenvalue weighted by Gasteiger charge is 2.14. The van der Waals surface area contributed by atoms with Crippen LogP contribution in [-0.4, -0.2) is 30.8 Å². The predicted molar refractivity (Wildman–Crippen MR) is 101 cm³/mol. The van der Waals surface area contributed by atoms with Crippen molar-refractivity contribution in [3.05, 3.63) is 64.4 Å². The Morgan fingerprint density at radius 3 is 2.62 bits per heavy atom. The van der Waals surface area contributed by atoms with Gasteiger partial charge < -0.3 is 10.1 Å². The van der Waals surface area contributed by atoms with Gasteiger partial charge in [-0.1, -0.05) is 35.4 Å². The van der Waals surface area contributed by atoms with Crippen LogP contribution in [0.1, 0.15) is 11.1 Å². The molecule has 1 amide bonds. The Bertz CT molecular complexity index is 748. The molecule has 0 aliphatic rings. The molecule has 26 heavy (non-hydrogen) atoms. The fraction of sp³-hybridized carbons (Fsp3) is 0.263. The molecule has 0 heterocycles. The van der Waals surface area contributed by atoms with E-state index in [1.807, 2.05) is 31.2 Å². The number of amides is 1. The van der Waals surface area contributed by atoms with Crippen LogP contribution >= 0.6 is 23.4 Å². The average molecular weight is 396 g/mol. The van der Waals surface area contributed by atoms with Crippen LogP contribution in [0, 0.1) is 12.7 Å². The molecule has 1 N–H and O–H groups in total. The van der Waals surface area contributed by atoms with Crippen LogP contribution in [-0.2, 0) is 20.7 Å². The maximum atomic E-state index is 13.6. The van der Waals surface area contributed by atoms with E-state index in [9.17, 15) is 14.0 Å². The molecule has 138 valence electrons. The average Bonchev–Trinajstić information content (AvgIpc) is 2.62. The molecule has 0 saturated heterocycles. The van der Waals surface area contributed by atoms with Crippen LogP contribution in [0.25, 0.3) is 0 Å². The van der Waals surface area contributed by atoms with Gasteiger partial charge in [0.1, 0.15) is 5.82 Å². The maximum absolute atomic E-state index is 13.6. The Kier molecular flexibility index (Phi) is 7.94. The van der Waals surface area contributed by atoms with Crippen molar-refractivity contribution in [3.63, 3.8) is 0 Å². The number of rotatable bonds is 8. The molecule has 0 bridgehead atoms. The minimum atomic E-state index is -0.707. The van der Waals surface area contributed by atoms with Gasteiger partial charge in [-0.25, -0.2) is 4.39 Å². The lowest BCUT2D eigenvalue weighted by molar-refractivity contribution is -0.147. The molecule has 2 rings (SSSR count). The van der Waals surface area contributed by atoms with E-state index in [4.69, 9.17) is 16.3 Å². The van der Waals surface area contributed by atoms with Gasteiger partial charge in [0.05, 0.1) is 6.42 Å². The molecule has 4 nitrogen and oxygen atoms in total. The summed E-state index contributed by atoms with van der Waals surface area (Å²) in [5.41, 5.74) is 1.26. The van der Waals surface area contributed by atoms with Crippen LogP contribution in [0.4, 0.5) is 4.39 Å². The van der Waals surface area contributed by atoms with Crippen molar-refractivity contribution in [2.45, 2.75) is 18.2 Å². The maximum Gasteiger partial charge on any atom is 0.310 e. The van der Waals surface area contributed by atoms with E-state index in [-0.39, 0.29) is 17.0 Å². The van der Waals surface area contributed by atoms with E-state index < -0.39 is 24.3 Å². The summed E-state index contributed by atoms with van der Waals surface area (Å²) < 4.78 is 18.5. The fourth-order valence-corrected chi connectivity index (χ4v) is 3.09. The molecular weight excluding hydrogens is 377 g/mol. The van der Waals surface area contributed by atoms with Gasteiger partial charge in [0.25, 0.3) is 5.91 Å². The van der Waals surface area contributed by atoms with E-state index in [1.54, 1.807) is 11.8 Å². The number of halogens is 2. The highest BCUT2D eigenvalue weighted by atomic mass is 35.5. The molecule has 2 aromatic carbocycles. The molecule has 0 aliphatic heterocycles. The third-order valence-corrected chi connectivity index (χ3v) is 4.83. The van der Waals surface area contributed by atoms with Crippen molar-refractivity contribution in [1.29, 1.82) is 0 Å². The summed E-state index contributed by atoms with van der Waals surface area (Å²) in [4.78, 5) is 24.5. The first-order chi connectivity index (χ1) is 12.5. The molecule has 7 heteroatoms. The van der Waals surface area contributed by atoms with E-state index in [1.165, 1.54) is 23.8 Å². The molecule has 0 aliphatic carbocycles. The number of ether oxygens (including phenoxy) is 1. The zero-order valence-electron chi connectivity index (χ0n) is 14.3. The largest absolute Gasteiger partial charge is 0.455 e. The van der Waals surface area contributed by atoms with E-state index in [2.05, 4.69) is 5.32 Å². The highest BCUT2D eigenvalue weighted by molar-refractivity contribution is 7.99. The molecule has 0 unspecified atom stereocenters. The first kappa shape index (κ1) is 20.3. The minimum Gasteiger partial charge on any atom is -0.455 e. The summed E-state index contributed by atoms with van der Waals surface area (Å²) in [7, 11) is 0. The second-order valence-corrected chi connectivity index (χ2v) is 7.12. The minimum absolute atomic E-state index is 0.0640. The summed E-state index contributed by atoms with van der Waals surface area (Å²) in [5, 5.41) is 2.82. The molecule has 0 atom stereocenters. The number of carbonyl (C=O) groups is 2. The topological polar surface area (TPSA) is 55.4 Å². The Morgan fingerprint density at radius 2 is 1.92 bits per heavy atom. The molecule has 0 spiro atoms. The number of benzene rings is 2. The van der Waals surface area contributed by atoms with Gasteiger partial charge in [0.15, 0.2) is 6.61 Å². The van der Waals surface area contributed by atoms with Crippen LogP contribution in [0.5, 0.6) is 0 Å². The zero-order valence-corrected chi connectivity index (χ0v) is 15.8. The van der Waals surface area contributed by atoms with E-state index in [0.717, 1.165) is 4.90 Å². The smallest absolute Gasteiger partial charge is 0.310 e. The third-order valence-electron chi connectivity index (χ3n) is 3.46. The van der Waals surface area contributed by atoms with Crippen LogP contribution < -0.4 is 5.32 Å². The quantitative estimate of drug-likeness (QED) is 0.420. The lowest BCUT2D eigenvalue weighted by Crippen LogP contribution is -2.30. The first-order valence-electron chi connectivity index (χ1n) is 8.00. The lowest BCUT2D eigenvalue weighted by atomic mass is 10.1. The van der Waals surface area contributed by atoms with Crippen molar-refractivity contribution in [3.8, 4) is 0 Å². The van der Waals surface area contributed by atoms with Crippen molar-refractivity contribution >= 4 is 35.2 Å². The fourth-order valence-electron chi connectivity index (χ4n) is 2.09. The number of thioether (sulfide) groups is 1. The van der Waals surface area contributed by atoms with Gasteiger partial charge in [-0.05, 0) is 31.2 Å². The van der Waals surface area contributed by atoms with Crippen LogP contribution in [0.3, 0.4) is 0 Å². The molecule has 0 fully saturated rings. The SMILES string of the molecule is Cc1ccc(SCCNC(=O)COC(=O)Cc2c(F)cccc2Cl)cc1. The molecule has 2 aromatic rings. The lowest BCUT2D eigenvalue weighted by Gasteiger charge is -2.08. The zero-order chi connectivity index (χ0) is 18.9. The standard InChI is InChI=1S/C19H19ClFNO3S/c1-13-5-7-14(8-6-13)26-10-9-22-18(23)12-25-19(24)11-15-16(20)3-2-4-17(15)21/h2-8H,9-12H2,1H3,(H,22,23). The van der Waals surface area contributed by atoms with Gasteiger partial charge in [-0.15, -0.1) is 11.8 Å². The van der Waals surface area contributed by atoms with Crippen molar-refractivity contribution < 1.29 is 18.7 Å². The number of hydrogen-bond acceptors (Lipinski definition) is 4. The first-order valence-corrected chi connectivity index (χ1v) is 9.36. The van der Waals surface area contributed by atoms with Crippen molar-refractivity contribution in [1.82, 2.24) is 5.32 Å². The predicted octanol–water partition coefficient (Wildman–Crippen LogP) is 3.78. The number of esters is 1. The van der Waals surface area contributed by atoms with E-state index in [0.29, 0.717) is 12.3 Å². The molecular formula is C19H19ClFNO3S. The van der Waals surface area contributed by atoms with Gasteiger partial charge in [0, 0.05) is 27.8 Å².